The fourth-order valence-corrected chi connectivity index (χ4v) is 5.28. The van der Waals surface area contributed by atoms with Gasteiger partial charge in [-0.2, -0.15) is 13.2 Å². The average molecular weight is 324 g/mol. The first-order valence-corrected chi connectivity index (χ1v) is 8.78. The van der Waals surface area contributed by atoms with Crippen LogP contribution in [0.15, 0.2) is 24.3 Å². The van der Waals surface area contributed by atoms with Crippen LogP contribution >= 0.6 is 7.60 Å². The number of hydrogen-bond donors (Lipinski definition) is 2. The molecule has 0 aliphatic heterocycles. The topological polar surface area (TPSA) is 57.5 Å². The fourth-order valence-electron chi connectivity index (χ4n) is 3.65. The highest BCUT2D eigenvalue weighted by atomic mass is 31.2. The molecule has 0 saturated carbocycles. The molecule has 0 aromatic rings. The van der Waals surface area contributed by atoms with Crippen molar-refractivity contribution in [1.82, 2.24) is 0 Å². The van der Waals surface area contributed by atoms with Crippen molar-refractivity contribution in [3.05, 3.63) is 24.3 Å². The molecule has 0 amide bonds. The maximum atomic E-state index is 13.9. The molecule has 2 aliphatic rings. The molecule has 2 unspecified atom stereocenters. The highest BCUT2D eigenvalue weighted by molar-refractivity contribution is 7.53. The summed E-state index contributed by atoms with van der Waals surface area (Å²) in [6.07, 6.45) is 3.66. The third-order valence-corrected chi connectivity index (χ3v) is 6.46. The Kier molecular flexibility index (Phi) is 4.72. The van der Waals surface area contributed by atoms with Gasteiger partial charge in [0.15, 0.2) is 5.16 Å². The molecule has 120 valence electrons. The largest absolute Gasteiger partial charge is 0.406 e. The molecule has 0 spiro atoms. The Bertz CT molecular complexity index is 454. The summed E-state index contributed by atoms with van der Waals surface area (Å²) < 4.78 is 53.6. The van der Waals surface area contributed by atoms with Crippen LogP contribution in [0.3, 0.4) is 0 Å². The highest BCUT2D eigenvalue weighted by Gasteiger charge is 2.71. The molecule has 0 bridgehead atoms. The summed E-state index contributed by atoms with van der Waals surface area (Å²) in [4.78, 5) is 19.4. The normalized spacial score (nSPS) is 30.1. The lowest BCUT2D eigenvalue weighted by Gasteiger charge is -2.46. The summed E-state index contributed by atoms with van der Waals surface area (Å²) in [5.41, 5.74) is 0. The summed E-state index contributed by atoms with van der Waals surface area (Å²) in [5, 5.41) is -2.99. The second-order valence-corrected chi connectivity index (χ2v) is 7.63. The molecule has 7 heteroatoms. The van der Waals surface area contributed by atoms with Crippen LogP contribution in [0.4, 0.5) is 13.2 Å². The third-order valence-electron chi connectivity index (χ3n) is 4.58. The molecule has 0 radical (unpaired) electrons. The number of alkyl halides is 3. The Hall–Kier alpha value is -0.580. The van der Waals surface area contributed by atoms with Crippen molar-refractivity contribution in [2.24, 2.45) is 11.8 Å². The SMILES string of the molecule is O=P(O)(O)C(C1C=CCCC1)(C1C=CCCC1)C(F)(F)F. The van der Waals surface area contributed by atoms with Crippen LogP contribution in [0.1, 0.15) is 38.5 Å². The fraction of sp³-hybridized carbons (Fsp3) is 0.714. The van der Waals surface area contributed by atoms with Crippen LogP contribution in [-0.4, -0.2) is 21.1 Å². The van der Waals surface area contributed by atoms with E-state index in [-0.39, 0.29) is 12.8 Å². The zero-order valence-corrected chi connectivity index (χ0v) is 12.5. The average Bonchev–Trinajstić information content (AvgIpc) is 2.38. The number of halogens is 3. The molecule has 3 nitrogen and oxygen atoms in total. The minimum Gasteiger partial charge on any atom is -0.324 e. The van der Waals surface area contributed by atoms with E-state index in [0.717, 1.165) is 0 Å². The van der Waals surface area contributed by atoms with Crippen LogP contribution in [0.2, 0.25) is 0 Å². The van der Waals surface area contributed by atoms with Crippen molar-refractivity contribution in [3.8, 4) is 0 Å². The van der Waals surface area contributed by atoms with Gasteiger partial charge in [0.05, 0.1) is 0 Å². The lowest BCUT2D eigenvalue weighted by atomic mass is 9.72. The van der Waals surface area contributed by atoms with Crippen molar-refractivity contribution >= 4 is 7.60 Å². The molecule has 2 rings (SSSR count). The molecule has 2 atom stereocenters. The molecule has 0 fully saturated rings. The number of hydrogen-bond acceptors (Lipinski definition) is 1. The highest BCUT2D eigenvalue weighted by Crippen LogP contribution is 2.68. The third kappa shape index (κ3) is 2.86. The predicted octanol–water partition coefficient (Wildman–Crippen LogP) is 4.18. The first-order valence-electron chi connectivity index (χ1n) is 7.17. The summed E-state index contributed by atoms with van der Waals surface area (Å²) in [5.74, 6) is -2.33. The summed E-state index contributed by atoms with van der Waals surface area (Å²) >= 11 is 0. The summed E-state index contributed by atoms with van der Waals surface area (Å²) in [6.45, 7) is 0. The Balaban J connectivity index is 2.61. The van der Waals surface area contributed by atoms with Gasteiger partial charge in [-0.1, -0.05) is 24.3 Å². The van der Waals surface area contributed by atoms with Crippen LogP contribution < -0.4 is 0 Å². The zero-order chi connectivity index (χ0) is 15.7. The van der Waals surface area contributed by atoms with E-state index in [9.17, 15) is 27.5 Å². The van der Waals surface area contributed by atoms with E-state index in [1.165, 1.54) is 12.2 Å². The summed E-state index contributed by atoms with van der Waals surface area (Å²) in [6, 6.07) is 0. The van der Waals surface area contributed by atoms with E-state index in [1.54, 1.807) is 12.2 Å². The van der Waals surface area contributed by atoms with E-state index in [0.29, 0.717) is 25.7 Å². The molecular weight excluding hydrogens is 304 g/mol. The quantitative estimate of drug-likeness (QED) is 0.605. The van der Waals surface area contributed by atoms with Gasteiger partial charge >= 0.3 is 13.8 Å². The standard InChI is InChI=1S/C14H20F3O3P/c15-14(16,17)13(21(18,19)20,11-7-3-1-4-8-11)12-9-5-2-6-10-12/h3,5,7,9,11-12H,1-2,4,6,8,10H2,(H2,18,19,20). The number of allylic oxidation sites excluding steroid dienone is 4. The van der Waals surface area contributed by atoms with Crippen molar-refractivity contribution in [3.63, 3.8) is 0 Å². The van der Waals surface area contributed by atoms with E-state index in [2.05, 4.69) is 0 Å². The number of rotatable bonds is 3. The molecule has 0 saturated heterocycles. The first kappa shape index (κ1) is 16.8. The monoisotopic (exact) mass is 324 g/mol. The second-order valence-electron chi connectivity index (χ2n) is 5.80. The Labute approximate surface area is 122 Å². The van der Waals surface area contributed by atoms with E-state index < -0.39 is 30.8 Å². The van der Waals surface area contributed by atoms with Gasteiger partial charge in [0.1, 0.15) is 0 Å². The van der Waals surface area contributed by atoms with Crippen LogP contribution in [0.25, 0.3) is 0 Å². The van der Waals surface area contributed by atoms with Gasteiger partial charge < -0.3 is 9.79 Å². The molecule has 0 heterocycles. The van der Waals surface area contributed by atoms with E-state index >= 15 is 0 Å². The van der Waals surface area contributed by atoms with Gasteiger partial charge in [-0.05, 0) is 38.5 Å². The molecule has 2 N–H and O–H groups in total. The van der Waals surface area contributed by atoms with Crippen LogP contribution in [0.5, 0.6) is 0 Å². The van der Waals surface area contributed by atoms with Gasteiger partial charge in [-0.25, -0.2) is 0 Å². The maximum Gasteiger partial charge on any atom is 0.406 e. The smallest absolute Gasteiger partial charge is 0.324 e. The van der Waals surface area contributed by atoms with Gasteiger partial charge in [-0.3, -0.25) is 4.57 Å². The van der Waals surface area contributed by atoms with Crippen molar-refractivity contribution in [2.45, 2.75) is 49.9 Å². The van der Waals surface area contributed by atoms with Gasteiger partial charge in [0.25, 0.3) is 0 Å². The van der Waals surface area contributed by atoms with Gasteiger partial charge in [0, 0.05) is 11.8 Å². The van der Waals surface area contributed by atoms with Crippen molar-refractivity contribution in [2.75, 3.05) is 0 Å². The van der Waals surface area contributed by atoms with Gasteiger partial charge in [0.2, 0.25) is 0 Å². The predicted molar refractivity (Wildman–Crippen MR) is 73.8 cm³/mol. The van der Waals surface area contributed by atoms with Crippen LogP contribution in [-0.2, 0) is 4.57 Å². The van der Waals surface area contributed by atoms with E-state index in [1.807, 2.05) is 0 Å². The molecular formula is C14H20F3O3P. The van der Waals surface area contributed by atoms with Crippen molar-refractivity contribution in [1.29, 1.82) is 0 Å². The Morgan fingerprint density at radius 2 is 1.38 bits per heavy atom. The molecule has 0 aromatic heterocycles. The van der Waals surface area contributed by atoms with E-state index in [4.69, 9.17) is 0 Å². The first-order chi connectivity index (χ1) is 9.71. The molecule has 2 aliphatic carbocycles. The van der Waals surface area contributed by atoms with Crippen LogP contribution in [0, 0.1) is 11.8 Å². The zero-order valence-electron chi connectivity index (χ0n) is 11.6. The second kappa shape index (κ2) is 5.90. The summed E-state index contributed by atoms with van der Waals surface area (Å²) in [7, 11) is -5.39. The maximum absolute atomic E-state index is 13.9. The molecule has 0 aromatic carbocycles. The minimum atomic E-state index is -5.39. The Morgan fingerprint density at radius 1 is 0.952 bits per heavy atom. The Morgan fingerprint density at radius 3 is 1.62 bits per heavy atom. The lowest BCUT2D eigenvalue weighted by molar-refractivity contribution is -0.188. The molecule has 21 heavy (non-hydrogen) atoms. The lowest BCUT2D eigenvalue weighted by Crippen LogP contribution is -2.56. The van der Waals surface area contributed by atoms with Gasteiger partial charge in [-0.15, -0.1) is 0 Å². The minimum absolute atomic E-state index is 0.158. The van der Waals surface area contributed by atoms with Crippen molar-refractivity contribution < 1.29 is 27.5 Å².